The van der Waals surface area contributed by atoms with E-state index in [2.05, 4.69) is 17.4 Å². The van der Waals surface area contributed by atoms with Crippen molar-refractivity contribution in [1.82, 2.24) is 0 Å². The number of fused-ring (bicyclic) bond motifs is 3. The highest BCUT2D eigenvalue weighted by molar-refractivity contribution is 5.59. The van der Waals surface area contributed by atoms with Gasteiger partial charge in [0.1, 0.15) is 0 Å². The van der Waals surface area contributed by atoms with Crippen LogP contribution >= 0.6 is 0 Å². The first kappa shape index (κ1) is 7.43. The van der Waals surface area contributed by atoms with E-state index >= 15 is 0 Å². The number of rotatable bonds is 0. The fourth-order valence-electron chi connectivity index (χ4n) is 2.68. The first-order chi connectivity index (χ1) is 6.45. The van der Waals surface area contributed by atoms with Crippen molar-refractivity contribution in [2.45, 2.75) is 32.1 Å². The maximum atomic E-state index is 3.49. The van der Waals surface area contributed by atoms with E-state index in [1.54, 1.807) is 16.7 Å². The molecule has 1 aromatic rings. The highest BCUT2D eigenvalue weighted by Crippen LogP contribution is 2.33. The summed E-state index contributed by atoms with van der Waals surface area (Å²) in [4.78, 5) is 0. The second kappa shape index (κ2) is 2.76. The minimum atomic E-state index is 1.16. The summed E-state index contributed by atoms with van der Waals surface area (Å²) >= 11 is 0. The summed E-state index contributed by atoms with van der Waals surface area (Å²) in [5, 5.41) is 3.49. The van der Waals surface area contributed by atoms with Crippen LogP contribution < -0.4 is 5.32 Å². The predicted molar refractivity (Wildman–Crippen MR) is 55.3 cm³/mol. The van der Waals surface area contributed by atoms with E-state index in [1.165, 1.54) is 37.8 Å². The van der Waals surface area contributed by atoms with Crippen LogP contribution in [0.25, 0.3) is 0 Å². The Hall–Kier alpha value is -0.980. The molecule has 0 aromatic heterocycles. The Morgan fingerprint density at radius 3 is 2.85 bits per heavy atom. The lowest BCUT2D eigenvalue weighted by molar-refractivity contribution is 0.815. The zero-order valence-electron chi connectivity index (χ0n) is 7.90. The second-order valence-corrected chi connectivity index (χ2v) is 4.11. The van der Waals surface area contributed by atoms with Crippen molar-refractivity contribution in [3.8, 4) is 0 Å². The molecule has 0 bridgehead atoms. The lowest BCUT2D eigenvalue weighted by Gasteiger charge is -2.20. The zero-order chi connectivity index (χ0) is 8.67. The predicted octanol–water partition coefficient (Wildman–Crippen LogP) is 2.53. The molecule has 1 aliphatic carbocycles. The van der Waals surface area contributed by atoms with Crippen LogP contribution in [-0.2, 0) is 19.3 Å². The van der Waals surface area contributed by atoms with Crippen LogP contribution in [0.3, 0.4) is 0 Å². The minimum absolute atomic E-state index is 1.16. The molecule has 1 N–H and O–H groups in total. The largest absolute Gasteiger partial charge is 0.385 e. The van der Waals surface area contributed by atoms with Crippen LogP contribution in [0.15, 0.2) is 12.1 Å². The van der Waals surface area contributed by atoms with Gasteiger partial charge in [-0.3, -0.25) is 0 Å². The molecule has 0 saturated heterocycles. The van der Waals surface area contributed by atoms with Crippen LogP contribution in [-0.4, -0.2) is 6.54 Å². The molecule has 1 aromatic carbocycles. The lowest BCUT2D eigenvalue weighted by atomic mass is 9.95. The Labute approximate surface area is 79.2 Å². The topological polar surface area (TPSA) is 12.0 Å². The van der Waals surface area contributed by atoms with Crippen molar-refractivity contribution in [2.24, 2.45) is 0 Å². The maximum Gasteiger partial charge on any atom is 0.0375 e. The van der Waals surface area contributed by atoms with Crippen LogP contribution in [0.2, 0.25) is 0 Å². The molecule has 2 aliphatic rings. The molecule has 13 heavy (non-hydrogen) atoms. The van der Waals surface area contributed by atoms with Crippen LogP contribution in [0.5, 0.6) is 0 Å². The standard InChI is InChI=1S/C12H15N/c1-3-9-6-7-12-11(10(9)4-1)5-2-8-13-12/h6-7,13H,1-5,8H2. The van der Waals surface area contributed by atoms with Gasteiger partial charge in [0.05, 0.1) is 0 Å². The van der Waals surface area contributed by atoms with Crippen molar-refractivity contribution in [2.75, 3.05) is 11.9 Å². The van der Waals surface area contributed by atoms with Crippen LogP contribution in [0.4, 0.5) is 5.69 Å². The Kier molecular flexibility index (Phi) is 1.58. The van der Waals surface area contributed by atoms with E-state index in [0.29, 0.717) is 0 Å². The third-order valence-corrected chi connectivity index (χ3v) is 3.32. The molecule has 3 rings (SSSR count). The average Bonchev–Trinajstić information content (AvgIpc) is 2.65. The SMILES string of the molecule is c1cc2c(c3c1CCC3)CCCN2. The Bertz CT molecular complexity index is 341. The number of aryl methyl sites for hydroxylation is 1. The monoisotopic (exact) mass is 173 g/mol. The number of benzene rings is 1. The minimum Gasteiger partial charge on any atom is -0.385 e. The fraction of sp³-hybridized carbons (Fsp3) is 0.500. The smallest absolute Gasteiger partial charge is 0.0375 e. The zero-order valence-corrected chi connectivity index (χ0v) is 7.90. The van der Waals surface area contributed by atoms with Crippen molar-refractivity contribution in [1.29, 1.82) is 0 Å². The van der Waals surface area contributed by atoms with Gasteiger partial charge in [0.25, 0.3) is 0 Å². The quantitative estimate of drug-likeness (QED) is 0.635. The third kappa shape index (κ3) is 1.06. The number of hydrogen-bond donors (Lipinski definition) is 1. The van der Waals surface area contributed by atoms with E-state index in [4.69, 9.17) is 0 Å². The van der Waals surface area contributed by atoms with Gasteiger partial charge in [-0.15, -0.1) is 0 Å². The number of nitrogens with one attached hydrogen (secondary N) is 1. The molecule has 0 radical (unpaired) electrons. The molecule has 1 nitrogen and oxygen atoms in total. The van der Waals surface area contributed by atoms with E-state index in [0.717, 1.165) is 6.54 Å². The summed E-state index contributed by atoms with van der Waals surface area (Å²) in [6.07, 6.45) is 6.60. The van der Waals surface area contributed by atoms with Gasteiger partial charge >= 0.3 is 0 Å². The summed E-state index contributed by atoms with van der Waals surface area (Å²) in [5.74, 6) is 0. The summed E-state index contributed by atoms with van der Waals surface area (Å²) in [7, 11) is 0. The van der Waals surface area contributed by atoms with Crippen molar-refractivity contribution in [3.05, 3.63) is 28.8 Å². The van der Waals surface area contributed by atoms with Crippen molar-refractivity contribution >= 4 is 5.69 Å². The van der Waals surface area contributed by atoms with Gasteiger partial charge in [-0.25, -0.2) is 0 Å². The van der Waals surface area contributed by atoms with Crippen molar-refractivity contribution < 1.29 is 0 Å². The van der Waals surface area contributed by atoms with E-state index in [-0.39, 0.29) is 0 Å². The lowest BCUT2D eigenvalue weighted by Crippen LogP contribution is -2.13. The van der Waals surface area contributed by atoms with Gasteiger partial charge in [-0.1, -0.05) is 6.07 Å². The average molecular weight is 173 g/mol. The fourth-order valence-corrected chi connectivity index (χ4v) is 2.68. The Morgan fingerprint density at radius 1 is 0.923 bits per heavy atom. The van der Waals surface area contributed by atoms with Gasteiger partial charge in [-0.05, 0) is 54.9 Å². The summed E-state index contributed by atoms with van der Waals surface area (Å²) < 4.78 is 0. The highest BCUT2D eigenvalue weighted by atomic mass is 14.9. The number of anilines is 1. The first-order valence-corrected chi connectivity index (χ1v) is 5.32. The summed E-state index contributed by atoms with van der Waals surface area (Å²) in [6.45, 7) is 1.16. The molecule has 0 unspecified atom stereocenters. The maximum absolute atomic E-state index is 3.49. The molecule has 1 heterocycles. The van der Waals surface area contributed by atoms with Gasteiger partial charge in [0.2, 0.25) is 0 Å². The van der Waals surface area contributed by atoms with Gasteiger partial charge in [0, 0.05) is 12.2 Å². The van der Waals surface area contributed by atoms with E-state index < -0.39 is 0 Å². The molecule has 0 saturated carbocycles. The van der Waals surface area contributed by atoms with E-state index in [1.807, 2.05) is 0 Å². The van der Waals surface area contributed by atoms with E-state index in [9.17, 15) is 0 Å². The molecular formula is C12H15N. The van der Waals surface area contributed by atoms with Gasteiger partial charge in [-0.2, -0.15) is 0 Å². The molecule has 0 atom stereocenters. The molecule has 68 valence electrons. The molecule has 0 amide bonds. The molecule has 0 spiro atoms. The molecule has 1 heteroatoms. The van der Waals surface area contributed by atoms with Gasteiger partial charge < -0.3 is 5.32 Å². The number of hydrogen-bond acceptors (Lipinski definition) is 1. The Morgan fingerprint density at radius 2 is 1.85 bits per heavy atom. The molecular weight excluding hydrogens is 158 g/mol. The molecule has 0 fully saturated rings. The molecule has 1 aliphatic heterocycles. The van der Waals surface area contributed by atoms with Crippen LogP contribution in [0.1, 0.15) is 29.5 Å². The van der Waals surface area contributed by atoms with Crippen molar-refractivity contribution in [3.63, 3.8) is 0 Å². The highest BCUT2D eigenvalue weighted by Gasteiger charge is 2.19. The second-order valence-electron chi connectivity index (χ2n) is 4.11. The summed E-state index contributed by atoms with van der Waals surface area (Å²) in [5.41, 5.74) is 6.32. The summed E-state index contributed by atoms with van der Waals surface area (Å²) in [6, 6.07) is 4.60. The normalized spacial score (nSPS) is 19.1. The third-order valence-electron chi connectivity index (χ3n) is 3.32. The Balaban J connectivity index is 2.17. The van der Waals surface area contributed by atoms with Crippen LogP contribution in [0, 0.1) is 0 Å². The first-order valence-electron chi connectivity index (χ1n) is 5.32. The van der Waals surface area contributed by atoms with Gasteiger partial charge in [0.15, 0.2) is 0 Å².